The molecular weight excluding hydrogens is 238 g/mol. The normalized spacial score (nSPS) is 23.2. The van der Waals surface area contributed by atoms with Gasteiger partial charge in [0, 0.05) is 6.42 Å². The van der Waals surface area contributed by atoms with Gasteiger partial charge in [-0.2, -0.15) is 0 Å². The van der Waals surface area contributed by atoms with Gasteiger partial charge in [-0.1, -0.05) is 45.4 Å². The summed E-state index contributed by atoms with van der Waals surface area (Å²) in [5.41, 5.74) is -0.576. The first-order valence-electron chi connectivity index (χ1n) is 8.13. The molecule has 3 nitrogen and oxygen atoms in total. The van der Waals surface area contributed by atoms with E-state index >= 15 is 0 Å². The molecule has 1 saturated carbocycles. The highest BCUT2D eigenvalue weighted by Gasteiger charge is 2.42. The Hall–Kier alpha value is -0.570. The Kier molecular flexibility index (Phi) is 5.26. The molecule has 1 aliphatic heterocycles. The molecule has 1 heterocycles. The van der Waals surface area contributed by atoms with Gasteiger partial charge >= 0.3 is 0 Å². The van der Waals surface area contributed by atoms with Crippen LogP contribution in [0.3, 0.4) is 0 Å². The minimum absolute atomic E-state index is 0.247. The van der Waals surface area contributed by atoms with Crippen molar-refractivity contribution in [3.8, 4) is 0 Å². The Labute approximate surface area is 117 Å². The van der Waals surface area contributed by atoms with Crippen molar-refractivity contribution in [1.29, 1.82) is 0 Å². The zero-order chi connectivity index (χ0) is 13.7. The van der Waals surface area contributed by atoms with E-state index < -0.39 is 5.60 Å². The van der Waals surface area contributed by atoms with Crippen molar-refractivity contribution in [3.63, 3.8) is 0 Å². The lowest BCUT2D eigenvalue weighted by molar-refractivity contribution is -0.156. The van der Waals surface area contributed by atoms with Crippen molar-refractivity contribution in [2.75, 3.05) is 13.1 Å². The van der Waals surface area contributed by atoms with Crippen molar-refractivity contribution in [3.05, 3.63) is 0 Å². The van der Waals surface area contributed by atoms with Crippen LogP contribution >= 0.6 is 0 Å². The Morgan fingerprint density at radius 2 is 1.95 bits per heavy atom. The van der Waals surface area contributed by atoms with Gasteiger partial charge in [0.05, 0.1) is 18.7 Å². The molecule has 1 saturated heterocycles. The van der Waals surface area contributed by atoms with E-state index in [9.17, 15) is 9.90 Å². The number of carbonyl (C=O) groups excluding carboxylic acids is 1. The fraction of sp³-hybridized carbons (Fsp3) is 0.938. The first-order valence-corrected chi connectivity index (χ1v) is 8.13. The molecule has 0 spiro atoms. The van der Waals surface area contributed by atoms with Crippen molar-refractivity contribution in [1.82, 2.24) is 4.90 Å². The molecule has 2 fully saturated rings. The first-order chi connectivity index (χ1) is 9.13. The Morgan fingerprint density at radius 3 is 2.58 bits per heavy atom. The molecule has 0 radical (unpaired) electrons. The highest BCUT2D eigenvalue weighted by Crippen LogP contribution is 2.29. The van der Waals surface area contributed by atoms with Crippen LogP contribution in [-0.2, 0) is 4.79 Å². The lowest BCUT2D eigenvalue weighted by Crippen LogP contribution is -2.63. The standard InChI is InChI=1S/C16H29NO2/c1-2-11-16(19)12-17(13-16)15(18)10-6-9-14-7-4-3-5-8-14/h14,19H,2-13H2,1H3. The predicted octanol–water partition coefficient (Wildman–Crippen LogP) is 3.11. The summed E-state index contributed by atoms with van der Waals surface area (Å²) in [7, 11) is 0. The monoisotopic (exact) mass is 267 g/mol. The fourth-order valence-corrected chi connectivity index (χ4v) is 3.64. The number of rotatable bonds is 6. The van der Waals surface area contributed by atoms with Gasteiger partial charge in [0.1, 0.15) is 0 Å². The third-order valence-electron chi connectivity index (χ3n) is 4.77. The summed E-state index contributed by atoms with van der Waals surface area (Å²) in [4.78, 5) is 13.8. The van der Waals surface area contributed by atoms with Crippen LogP contribution in [0.2, 0.25) is 0 Å². The molecule has 1 N–H and O–H groups in total. The SMILES string of the molecule is CCCC1(O)CN(C(=O)CCCC2CCCCC2)C1. The third kappa shape index (κ3) is 4.20. The number of amides is 1. The van der Waals surface area contributed by atoms with Gasteiger partial charge in [-0.25, -0.2) is 0 Å². The maximum atomic E-state index is 12.0. The summed E-state index contributed by atoms with van der Waals surface area (Å²) in [6, 6.07) is 0. The van der Waals surface area contributed by atoms with Crippen LogP contribution in [0.25, 0.3) is 0 Å². The van der Waals surface area contributed by atoms with Crippen LogP contribution in [0, 0.1) is 5.92 Å². The minimum atomic E-state index is -0.576. The van der Waals surface area contributed by atoms with E-state index in [4.69, 9.17) is 0 Å². The summed E-state index contributed by atoms with van der Waals surface area (Å²) < 4.78 is 0. The van der Waals surface area contributed by atoms with Gasteiger partial charge < -0.3 is 10.0 Å². The molecule has 2 rings (SSSR count). The second kappa shape index (κ2) is 6.74. The van der Waals surface area contributed by atoms with Gasteiger partial charge in [0.2, 0.25) is 5.91 Å². The van der Waals surface area contributed by atoms with Crippen molar-refractivity contribution in [2.24, 2.45) is 5.92 Å². The lowest BCUT2D eigenvalue weighted by Gasteiger charge is -2.46. The Balaban J connectivity index is 1.58. The number of likely N-dealkylation sites (tertiary alicyclic amines) is 1. The van der Waals surface area contributed by atoms with E-state index in [2.05, 4.69) is 6.92 Å². The number of aliphatic hydroxyl groups is 1. The topological polar surface area (TPSA) is 40.5 Å². The number of hydrogen-bond donors (Lipinski definition) is 1. The van der Waals surface area contributed by atoms with E-state index in [-0.39, 0.29) is 5.91 Å². The van der Waals surface area contributed by atoms with E-state index in [1.54, 1.807) is 0 Å². The number of nitrogens with zero attached hydrogens (tertiary/aromatic N) is 1. The summed E-state index contributed by atoms with van der Waals surface area (Å²) in [6.45, 7) is 3.19. The maximum absolute atomic E-state index is 12.0. The molecule has 2 aliphatic rings. The average molecular weight is 267 g/mol. The summed E-state index contributed by atoms with van der Waals surface area (Å²) in [5, 5.41) is 10.1. The van der Waals surface area contributed by atoms with Crippen LogP contribution in [0.15, 0.2) is 0 Å². The molecule has 1 amide bonds. The third-order valence-corrected chi connectivity index (χ3v) is 4.77. The summed E-state index contributed by atoms with van der Waals surface area (Å²) in [5.74, 6) is 1.12. The number of carbonyl (C=O) groups is 1. The summed E-state index contributed by atoms with van der Waals surface area (Å²) >= 11 is 0. The van der Waals surface area contributed by atoms with Crippen molar-refractivity contribution < 1.29 is 9.90 Å². The first kappa shape index (κ1) is 14.8. The Bertz CT molecular complexity index is 291. The predicted molar refractivity (Wildman–Crippen MR) is 76.9 cm³/mol. The molecule has 0 bridgehead atoms. The largest absolute Gasteiger partial charge is 0.386 e. The van der Waals surface area contributed by atoms with Crippen LogP contribution in [0.5, 0.6) is 0 Å². The van der Waals surface area contributed by atoms with Gasteiger partial charge in [0.15, 0.2) is 0 Å². The van der Waals surface area contributed by atoms with Gasteiger partial charge in [0.25, 0.3) is 0 Å². The molecule has 0 unspecified atom stereocenters. The van der Waals surface area contributed by atoms with Crippen LogP contribution in [-0.4, -0.2) is 34.6 Å². The molecule has 0 atom stereocenters. The second-order valence-electron chi connectivity index (χ2n) is 6.62. The molecule has 0 aromatic rings. The molecule has 3 heteroatoms. The maximum Gasteiger partial charge on any atom is 0.222 e. The van der Waals surface area contributed by atoms with E-state index in [0.29, 0.717) is 19.5 Å². The van der Waals surface area contributed by atoms with Crippen molar-refractivity contribution in [2.45, 2.75) is 76.7 Å². The van der Waals surface area contributed by atoms with Crippen LogP contribution in [0.1, 0.15) is 71.1 Å². The number of hydrogen-bond acceptors (Lipinski definition) is 2. The van der Waals surface area contributed by atoms with Crippen LogP contribution < -0.4 is 0 Å². The second-order valence-corrected chi connectivity index (χ2v) is 6.62. The number of β-amino-alcohol motifs (C(OH)–C–C–N with tert-alkyl or cyclic N) is 1. The smallest absolute Gasteiger partial charge is 0.222 e. The highest BCUT2D eigenvalue weighted by atomic mass is 16.3. The molecule has 110 valence electrons. The fourth-order valence-electron chi connectivity index (χ4n) is 3.64. The molecule has 1 aliphatic carbocycles. The molecule has 19 heavy (non-hydrogen) atoms. The molecular formula is C16H29NO2. The molecule has 0 aromatic carbocycles. The quantitative estimate of drug-likeness (QED) is 0.803. The van der Waals surface area contributed by atoms with E-state index in [1.165, 1.54) is 38.5 Å². The van der Waals surface area contributed by atoms with Crippen LogP contribution in [0.4, 0.5) is 0 Å². The van der Waals surface area contributed by atoms with E-state index in [0.717, 1.165) is 25.2 Å². The van der Waals surface area contributed by atoms with Gasteiger partial charge in [-0.05, 0) is 25.2 Å². The zero-order valence-electron chi connectivity index (χ0n) is 12.4. The summed E-state index contributed by atoms with van der Waals surface area (Å²) in [6.07, 6.45) is 11.6. The molecule has 0 aromatic heterocycles. The average Bonchev–Trinajstić information content (AvgIpc) is 2.37. The lowest BCUT2D eigenvalue weighted by atomic mass is 9.85. The van der Waals surface area contributed by atoms with Gasteiger partial charge in [-0.3, -0.25) is 4.79 Å². The Morgan fingerprint density at radius 1 is 1.26 bits per heavy atom. The van der Waals surface area contributed by atoms with Gasteiger partial charge in [-0.15, -0.1) is 0 Å². The minimum Gasteiger partial charge on any atom is -0.386 e. The van der Waals surface area contributed by atoms with E-state index in [1.807, 2.05) is 4.90 Å². The highest BCUT2D eigenvalue weighted by molar-refractivity contribution is 5.77. The zero-order valence-corrected chi connectivity index (χ0v) is 12.4. The van der Waals surface area contributed by atoms with Crippen molar-refractivity contribution >= 4 is 5.91 Å².